The highest BCUT2D eigenvalue weighted by atomic mass is 79.9. The topological polar surface area (TPSA) is 46.3 Å². The van der Waals surface area contributed by atoms with Crippen LogP contribution in [0.15, 0.2) is 15.9 Å². The summed E-state index contributed by atoms with van der Waals surface area (Å²) in [5.41, 5.74) is 5.68. The SMILES string of the molecule is CC[C@H](N)C(=O)N(C)Cc1ccc(Br)s1.Cl. The van der Waals surface area contributed by atoms with E-state index in [1.54, 1.807) is 23.3 Å². The van der Waals surface area contributed by atoms with Gasteiger partial charge in [0.25, 0.3) is 0 Å². The van der Waals surface area contributed by atoms with E-state index in [0.717, 1.165) is 8.66 Å². The lowest BCUT2D eigenvalue weighted by Gasteiger charge is -2.19. The normalized spacial score (nSPS) is 11.8. The number of nitrogens with two attached hydrogens (primary N) is 1. The highest BCUT2D eigenvalue weighted by Gasteiger charge is 2.16. The molecule has 0 saturated carbocycles. The average molecular weight is 328 g/mol. The van der Waals surface area contributed by atoms with Crippen LogP contribution >= 0.6 is 39.7 Å². The largest absolute Gasteiger partial charge is 0.339 e. The molecule has 0 aliphatic carbocycles. The third-order valence-corrected chi connectivity index (χ3v) is 3.76. The molecule has 1 rings (SSSR count). The first-order valence-electron chi connectivity index (χ1n) is 4.79. The summed E-state index contributed by atoms with van der Waals surface area (Å²) < 4.78 is 1.08. The number of amides is 1. The van der Waals surface area contributed by atoms with E-state index < -0.39 is 0 Å². The number of nitrogens with zero attached hydrogens (tertiary/aromatic N) is 1. The predicted octanol–water partition coefficient (Wildman–Crippen LogP) is 2.63. The smallest absolute Gasteiger partial charge is 0.239 e. The van der Waals surface area contributed by atoms with Crippen LogP contribution in [0.2, 0.25) is 0 Å². The fraction of sp³-hybridized carbons (Fsp3) is 0.500. The maximum atomic E-state index is 11.7. The molecule has 1 heterocycles. The van der Waals surface area contributed by atoms with Crippen molar-refractivity contribution in [3.63, 3.8) is 0 Å². The Kier molecular flexibility index (Phi) is 7.22. The minimum atomic E-state index is -0.376. The van der Waals surface area contributed by atoms with Crippen LogP contribution in [0.3, 0.4) is 0 Å². The van der Waals surface area contributed by atoms with Crippen molar-refractivity contribution in [3.8, 4) is 0 Å². The summed E-state index contributed by atoms with van der Waals surface area (Å²) in [6, 6.07) is 3.62. The minimum Gasteiger partial charge on any atom is -0.339 e. The Morgan fingerprint density at radius 2 is 2.25 bits per heavy atom. The Labute approximate surface area is 115 Å². The molecule has 0 bridgehead atoms. The van der Waals surface area contributed by atoms with E-state index in [4.69, 9.17) is 5.73 Å². The zero-order chi connectivity index (χ0) is 11.4. The summed E-state index contributed by atoms with van der Waals surface area (Å²) in [6.07, 6.45) is 0.678. The van der Waals surface area contributed by atoms with Crippen molar-refractivity contribution < 1.29 is 4.79 Å². The molecule has 1 amide bonds. The van der Waals surface area contributed by atoms with Gasteiger partial charge < -0.3 is 10.6 Å². The summed E-state index contributed by atoms with van der Waals surface area (Å²) in [7, 11) is 1.78. The maximum Gasteiger partial charge on any atom is 0.239 e. The lowest BCUT2D eigenvalue weighted by Crippen LogP contribution is -2.40. The van der Waals surface area contributed by atoms with E-state index in [9.17, 15) is 4.79 Å². The van der Waals surface area contributed by atoms with E-state index in [-0.39, 0.29) is 24.4 Å². The molecule has 0 spiro atoms. The summed E-state index contributed by atoms with van der Waals surface area (Å²) in [6.45, 7) is 2.54. The minimum absolute atomic E-state index is 0. The Hall–Kier alpha value is -0.100. The number of hydrogen-bond acceptors (Lipinski definition) is 3. The molecule has 92 valence electrons. The molecule has 3 nitrogen and oxygen atoms in total. The molecule has 0 aliphatic rings. The van der Waals surface area contributed by atoms with Crippen molar-refractivity contribution in [2.45, 2.75) is 25.9 Å². The highest BCUT2D eigenvalue weighted by molar-refractivity contribution is 9.11. The van der Waals surface area contributed by atoms with Crippen LogP contribution in [0, 0.1) is 0 Å². The summed E-state index contributed by atoms with van der Waals surface area (Å²) in [5, 5.41) is 0. The van der Waals surface area contributed by atoms with Gasteiger partial charge in [0.1, 0.15) is 0 Å². The zero-order valence-corrected chi connectivity index (χ0v) is 12.5. The van der Waals surface area contributed by atoms with Crippen molar-refractivity contribution in [1.29, 1.82) is 0 Å². The van der Waals surface area contributed by atoms with Gasteiger partial charge in [-0.05, 0) is 34.5 Å². The van der Waals surface area contributed by atoms with Gasteiger partial charge in [-0.25, -0.2) is 0 Å². The molecule has 6 heteroatoms. The van der Waals surface area contributed by atoms with Gasteiger partial charge in [-0.2, -0.15) is 0 Å². The summed E-state index contributed by atoms with van der Waals surface area (Å²) in [5.74, 6) is 0.00187. The first-order chi connectivity index (χ1) is 7.04. The van der Waals surface area contributed by atoms with E-state index in [0.29, 0.717) is 13.0 Å². The number of thiophene rings is 1. The van der Waals surface area contributed by atoms with E-state index in [2.05, 4.69) is 15.9 Å². The first kappa shape index (κ1) is 15.9. The molecule has 0 aliphatic heterocycles. The van der Waals surface area contributed by atoms with Crippen molar-refractivity contribution in [1.82, 2.24) is 4.90 Å². The third kappa shape index (κ3) is 4.41. The van der Waals surface area contributed by atoms with Crippen LogP contribution in [-0.2, 0) is 11.3 Å². The molecular weight excluding hydrogens is 312 g/mol. The Morgan fingerprint density at radius 3 is 2.69 bits per heavy atom. The molecule has 0 radical (unpaired) electrons. The molecule has 0 fully saturated rings. The Morgan fingerprint density at radius 1 is 1.62 bits per heavy atom. The van der Waals surface area contributed by atoms with Crippen molar-refractivity contribution >= 4 is 45.6 Å². The van der Waals surface area contributed by atoms with Crippen LogP contribution in [0.1, 0.15) is 18.2 Å². The number of carbonyl (C=O) groups excluding carboxylic acids is 1. The van der Waals surface area contributed by atoms with E-state index in [1.165, 1.54) is 0 Å². The number of rotatable bonds is 4. The zero-order valence-electron chi connectivity index (χ0n) is 9.27. The second-order valence-corrected chi connectivity index (χ2v) is 5.96. The predicted molar refractivity (Wildman–Crippen MR) is 74.0 cm³/mol. The molecule has 0 aromatic carbocycles. The van der Waals surface area contributed by atoms with Gasteiger partial charge in [0.2, 0.25) is 5.91 Å². The highest BCUT2D eigenvalue weighted by Crippen LogP contribution is 2.23. The second-order valence-electron chi connectivity index (χ2n) is 3.41. The molecule has 0 saturated heterocycles. The van der Waals surface area contributed by atoms with Crippen molar-refractivity contribution in [2.24, 2.45) is 5.73 Å². The van der Waals surface area contributed by atoms with Gasteiger partial charge in [-0.1, -0.05) is 6.92 Å². The molecule has 1 aromatic rings. The lowest BCUT2D eigenvalue weighted by molar-refractivity contribution is -0.131. The van der Waals surface area contributed by atoms with Gasteiger partial charge in [-0.3, -0.25) is 4.79 Å². The van der Waals surface area contributed by atoms with Crippen LogP contribution in [0.4, 0.5) is 0 Å². The standard InChI is InChI=1S/C10H15BrN2OS.ClH/c1-3-8(12)10(14)13(2)6-7-4-5-9(11)15-7;/h4-5,8H,3,6,12H2,1-2H3;1H/t8-;/m0./s1. The van der Waals surface area contributed by atoms with Crippen molar-refractivity contribution in [2.75, 3.05) is 7.05 Å². The maximum absolute atomic E-state index is 11.7. The van der Waals surface area contributed by atoms with Gasteiger partial charge in [-0.15, -0.1) is 23.7 Å². The monoisotopic (exact) mass is 326 g/mol. The van der Waals surface area contributed by atoms with Crippen LogP contribution in [0.5, 0.6) is 0 Å². The average Bonchev–Trinajstić information content (AvgIpc) is 2.61. The van der Waals surface area contributed by atoms with Crippen LogP contribution < -0.4 is 5.73 Å². The van der Waals surface area contributed by atoms with Gasteiger partial charge in [0.05, 0.1) is 16.4 Å². The molecule has 1 aromatic heterocycles. The van der Waals surface area contributed by atoms with Crippen LogP contribution in [0.25, 0.3) is 0 Å². The summed E-state index contributed by atoms with van der Waals surface area (Å²) in [4.78, 5) is 14.5. The first-order valence-corrected chi connectivity index (χ1v) is 6.40. The summed E-state index contributed by atoms with van der Waals surface area (Å²) >= 11 is 5.03. The van der Waals surface area contributed by atoms with Crippen LogP contribution in [-0.4, -0.2) is 23.9 Å². The number of carbonyl (C=O) groups is 1. The molecule has 2 N–H and O–H groups in total. The molecular formula is C10H16BrClN2OS. The third-order valence-electron chi connectivity index (χ3n) is 2.16. The fourth-order valence-electron chi connectivity index (χ4n) is 1.21. The van der Waals surface area contributed by atoms with E-state index >= 15 is 0 Å². The molecule has 16 heavy (non-hydrogen) atoms. The Bertz CT molecular complexity index is 345. The number of likely N-dealkylation sites (N-methyl/N-ethyl adjacent to an activating group) is 1. The van der Waals surface area contributed by atoms with Gasteiger partial charge in [0.15, 0.2) is 0 Å². The van der Waals surface area contributed by atoms with E-state index in [1.807, 2.05) is 19.1 Å². The Balaban J connectivity index is 0.00000225. The number of halogens is 2. The quantitative estimate of drug-likeness (QED) is 0.924. The molecule has 1 atom stereocenters. The van der Waals surface area contributed by atoms with Gasteiger partial charge >= 0.3 is 0 Å². The molecule has 0 unspecified atom stereocenters. The van der Waals surface area contributed by atoms with Crippen molar-refractivity contribution in [3.05, 3.63) is 20.8 Å². The van der Waals surface area contributed by atoms with Gasteiger partial charge in [0, 0.05) is 11.9 Å². The number of hydrogen-bond donors (Lipinski definition) is 1. The lowest BCUT2D eigenvalue weighted by atomic mass is 10.2. The fourth-order valence-corrected chi connectivity index (χ4v) is 2.74. The second kappa shape index (κ2) is 7.27.